The van der Waals surface area contributed by atoms with Gasteiger partial charge in [-0.1, -0.05) is 70.2 Å². The van der Waals surface area contributed by atoms with Crippen molar-refractivity contribution in [1.82, 2.24) is 29.5 Å². The van der Waals surface area contributed by atoms with E-state index in [2.05, 4.69) is 67.0 Å². The molecule has 1 fully saturated rings. The lowest BCUT2D eigenvalue weighted by molar-refractivity contribution is -0.671. The van der Waals surface area contributed by atoms with Crippen LogP contribution in [0.5, 0.6) is 0 Å². The summed E-state index contributed by atoms with van der Waals surface area (Å²) in [5.41, 5.74) is 2.91. The summed E-state index contributed by atoms with van der Waals surface area (Å²) in [6, 6.07) is 18.1. The molecule has 10 nitrogen and oxygen atoms in total. The number of hydrogen-bond donors (Lipinski definition) is 1. The molecule has 1 aliphatic heterocycles. The highest BCUT2D eigenvalue weighted by Crippen LogP contribution is 2.25. The highest BCUT2D eigenvalue weighted by Gasteiger charge is 2.24. The van der Waals surface area contributed by atoms with Crippen LogP contribution in [0.2, 0.25) is 0 Å². The number of aromatic amines is 1. The topological polar surface area (TPSA) is 91.5 Å². The minimum atomic E-state index is -0.527. The van der Waals surface area contributed by atoms with Crippen LogP contribution in [0.25, 0.3) is 5.69 Å². The Morgan fingerprint density at radius 2 is 1.73 bits per heavy atom. The first-order chi connectivity index (χ1) is 19.8. The Morgan fingerprint density at radius 3 is 2.39 bits per heavy atom. The number of hydrogen-bond acceptors (Lipinski definition) is 7. The van der Waals surface area contributed by atoms with Gasteiger partial charge in [-0.15, -0.1) is 0 Å². The van der Waals surface area contributed by atoms with E-state index in [-0.39, 0.29) is 11.6 Å². The Labute approximate surface area is 245 Å². The number of likely N-dealkylation sites (N-methyl/N-ethyl adjacent to an activating group) is 1. The van der Waals surface area contributed by atoms with Crippen LogP contribution in [0.15, 0.2) is 69.0 Å². The number of benzene rings is 2. The molecule has 0 amide bonds. The molecule has 1 atom stereocenters. The Bertz CT molecular complexity index is 1580. The van der Waals surface area contributed by atoms with Crippen molar-refractivity contribution in [2.45, 2.75) is 46.7 Å². The highest BCUT2D eigenvalue weighted by atomic mass is 32.1. The second kappa shape index (κ2) is 12.9. The average Bonchev–Trinajstić information content (AvgIpc) is 3.51. The predicted octanol–water partition coefficient (Wildman–Crippen LogP) is 3.80. The Hall–Kier alpha value is -3.67. The van der Waals surface area contributed by atoms with Crippen LogP contribution >= 0.6 is 12.2 Å². The van der Waals surface area contributed by atoms with Gasteiger partial charge in [-0.25, -0.2) is 9.48 Å². The van der Waals surface area contributed by atoms with Gasteiger partial charge >= 0.3 is 11.3 Å². The van der Waals surface area contributed by atoms with Gasteiger partial charge in [0.1, 0.15) is 6.21 Å². The van der Waals surface area contributed by atoms with E-state index in [0.717, 1.165) is 50.4 Å². The number of piperazine rings is 1. The third-order valence-electron chi connectivity index (χ3n) is 7.59. The van der Waals surface area contributed by atoms with Gasteiger partial charge in [0.15, 0.2) is 5.82 Å². The molecule has 1 N–H and O–H groups in total. The van der Waals surface area contributed by atoms with Crippen molar-refractivity contribution in [2.75, 3.05) is 32.7 Å². The Morgan fingerprint density at radius 1 is 1.05 bits per heavy atom. The molecular weight excluding hydrogens is 536 g/mol. The van der Waals surface area contributed by atoms with Crippen LogP contribution in [-0.4, -0.2) is 68.5 Å². The Kier molecular flexibility index (Phi) is 9.06. The van der Waals surface area contributed by atoms with Crippen molar-refractivity contribution in [3.05, 3.63) is 92.4 Å². The van der Waals surface area contributed by atoms with Gasteiger partial charge in [0.25, 0.3) is 0 Å². The zero-order valence-electron chi connectivity index (χ0n) is 24.2. The van der Waals surface area contributed by atoms with Crippen LogP contribution in [0.1, 0.15) is 56.3 Å². The van der Waals surface area contributed by atoms with E-state index in [0.29, 0.717) is 23.2 Å². The quantitative estimate of drug-likeness (QED) is 0.176. The van der Waals surface area contributed by atoms with E-state index in [1.54, 1.807) is 9.36 Å². The average molecular weight is 576 g/mol. The SMILES string of the molecule is CCN1CCN(Cn2nc(C(C)c3ccc(CC(C)C)cc3)n(/N=C/c3c(=O)o[nH][n+]3-c3ccccc3)c2=S)CC1. The van der Waals surface area contributed by atoms with E-state index in [1.807, 2.05) is 35.0 Å². The van der Waals surface area contributed by atoms with E-state index in [4.69, 9.17) is 26.9 Å². The smallest absolute Gasteiger partial charge is 0.301 e. The van der Waals surface area contributed by atoms with Crippen molar-refractivity contribution in [2.24, 2.45) is 11.0 Å². The van der Waals surface area contributed by atoms with Gasteiger partial charge in [-0.3, -0.25) is 9.42 Å². The number of para-hydroxylation sites is 1. The van der Waals surface area contributed by atoms with Crippen molar-refractivity contribution in [1.29, 1.82) is 0 Å². The normalized spacial score (nSPS) is 15.7. The third kappa shape index (κ3) is 6.64. The molecule has 1 unspecified atom stereocenters. The number of H-pyrrole nitrogens is 1. The minimum absolute atomic E-state index is 0.0796. The first kappa shape index (κ1) is 28.8. The molecule has 41 heavy (non-hydrogen) atoms. The molecule has 1 aliphatic rings. The maximum absolute atomic E-state index is 12.6. The first-order valence-corrected chi connectivity index (χ1v) is 14.7. The van der Waals surface area contributed by atoms with E-state index >= 15 is 0 Å². The molecule has 5 rings (SSSR count). The molecule has 0 bridgehead atoms. The summed E-state index contributed by atoms with van der Waals surface area (Å²) in [6.45, 7) is 14.4. The van der Waals surface area contributed by atoms with E-state index in [1.165, 1.54) is 11.8 Å². The van der Waals surface area contributed by atoms with Crippen LogP contribution in [0.3, 0.4) is 0 Å². The summed E-state index contributed by atoms with van der Waals surface area (Å²) in [7, 11) is 0. The van der Waals surface area contributed by atoms with Gasteiger partial charge in [-0.2, -0.15) is 14.9 Å². The molecule has 1 saturated heterocycles. The molecule has 0 spiro atoms. The van der Waals surface area contributed by atoms with E-state index < -0.39 is 5.63 Å². The summed E-state index contributed by atoms with van der Waals surface area (Å²) in [4.78, 5) is 17.4. The molecule has 0 aliphatic carbocycles. The lowest BCUT2D eigenvalue weighted by atomic mass is 9.96. The van der Waals surface area contributed by atoms with E-state index in [9.17, 15) is 4.79 Å². The molecule has 0 radical (unpaired) electrons. The Balaban J connectivity index is 1.50. The summed E-state index contributed by atoms with van der Waals surface area (Å²) < 4.78 is 10.7. The van der Waals surface area contributed by atoms with Crippen LogP contribution in [0, 0.1) is 10.7 Å². The molecule has 216 valence electrons. The number of rotatable bonds is 10. The van der Waals surface area contributed by atoms with Crippen LogP contribution < -0.4 is 10.3 Å². The predicted molar refractivity (Wildman–Crippen MR) is 161 cm³/mol. The van der Waals surface area contributed by atoms with Gasteiger partial charge < -0.3 is 4.90 Å². The molecule has 3 heterocycles. The van der Waals surface area contributed by atoms with Gasteiger partial charge in [0.05, 0.1) is 6.67 Å². The zero-order chi connectivity index (χ0) is 28.9. The van der Waals surface area contributed by atoms with Gasteiger partial charge in [0, 0.05) is 44.2 Å². The minimum Gasteiger partial charge on any atom is -0.301 e. The molecular formula is C30H39N8O2S+. The van der Waals surface area contributed by atoms with Gasteiger partial charge in [0.2, 0.25) is 10.5 Å². The fourth-order valence-electron chi connectivity index (χ4n) is 5.16. The second-order valence-electron chi connectivity index (χ2n) is 11.0. The first-order valence-electron chi connectivity index (χ1n) is 14.3. The molecule has 2 aromatic carbocycles. The number of nitrogens with zero attached hydrogens (tertiary/aromatic N) is 7. The van der Waals surface area contributed by atoms with Crippen molar-refractivity contribution in [3.63, 3.8) is 0 Å². The summed E-state index contributed by atoms with van der Waals surface area (Å²) in [6.07, 6.45) is 2.52. The van der Waals surface area contributed by atoms with Crippen molar-refractivity contribution in [3.8, 4) is 5.69 Å². The lowest BCUT2D eigenvalue weighted by Crippen LogP contribution is -2.46. The number of nitrogens with one attached hydrogen (secondary N) is 1. The van der Waals surface area contributed by atoms with Crippen molar-refractivity contribution < 1.29 is 9.20 Å². The standard InChI is InChI=1S/C30H38N8O2S/c1-5-34-15-17-35(18-16-34)21-36-30(41)38(28(32-36)23(4)25-13-11-24(12-14-25)19-22(2)3)31-20-27-29(39)40-33-37(27)26-9-7-6-8-10-26/h6-14,20,22-23H,5,15-19,21H2,1-4H3/p+1. The van der Waals surface area contributed by atoms with Crippen LogP contribution in [0.4, 0.5) is 0 Å². The van der Waals surface area contributed by atoms with Gasteiger partial charge in [-0.05, 0) is 52.2 Å². The molecule has 4 aromatic rings. The number of aromatic nitrogens is 5. The lowest BCUT2D eigenvalue weighted by Gasteiger charge is -2.33. The summed E-state index contributed by atoms with van der Waals surface area (Å²) in [5, 5.41) is 12.4. The fourth-order valence-corrected chi connectivity index (χ4v) is 5.40. The summed E-state index contributed by atoms with van der Waals surface area (Å²) >= 11 is 5.92. The van der Waals surface area contributed by atoms with Crippen LogP contribution in [-0.2, 0) is 13.1 Å². The highest BCUT2D eigenvalue weighted by molar-refractivity contribution is 7.71. The largest absolute Gasteiger partial charge is 0.436 e. The molecule has 2 aromatic heterocycles. The fraction of sp³-hybridized carbons (Fsp3) is 0.433. The maximum atomic E-state index is 12.6. The molecule has 0 saturated carbocycles. The van der Waals surface area contributed by atoms with Crippen molar-refractivity contribution >= 4 is 18.4 Å². The monoisotopic (exact) mass is 575 g/mol. The second-order valence-corrected chi connectivity index (χ2v) is 11.4. The molecule has 11 heteroatoms. The zero-order valence-corrected chi connectivity index (χ0v) is 25.0. The maximum Gasteiger partial charge on any atom is 0.436 e. The third-order valence-corrected chi connectivity index (χ3v) is 7.97. The summed E-state index contributed by atoms with van der Waals surface area (Å²) in [5.74, 6) is 1.22.